The molecule has 2 aromatic rings. The number of carboxylic acid groups (broad SMARTS) is 1. The van der Waals surface area contributed by atoms with Crippen molar-refractivity contribution in [1.82, 2.24) is 10.2 Å². The van der Waals surface area contributed by atoms with Gasteiger partial charge < -0.3 is 10.4 Å². The zero-order valence-electron chi connectivity index (χ0n) is 18.1. The van der Waals surface area contributed by atoms with Gasteiger partial charge in [0.25, 0.3) is 0 Å². The van der Waals surface area contributed by atoms with E-state index in [1.165, 1.54) is 24.3 Å². The van der Waals surface area contributed by atoms with E-state index >= 15 is 0 Å². The number of hydrogen-bond acceptors (Lipinski definition) is 3. The molecule has 2 N–H and O–H groups in total. The van der Waals surface area contributed by atoms with Crippen LogP contribution >= 0.6 is 0 Å². The second kappa shape index (κ2) is 9.32. The average Bonchev–Trinajstić information content (AvgIpc) is 2.75. The Morgan fingerprint density at radius 1 is 1.09 bits per heavy atom. The zero-order chi connectivity index (χ0) is 23.5. The number of halogens is 3. The highest BCUT2D eigenvalue weighted by molar-refractivity contribution is 5.88. The molecule has 0 aromatic heterocycles. The number of nitrogens with zero attached hydrogens (tertiary/aromatic N) is 1. The number of amides is 1. The lowest BCUT2D eigenvalue weighted by Gasteiger charge is -2.44. The predicted octanol–water partition coefficient (Wildman–Crippen LogP) is 5.03. The van der Waals surface area contributed by atoms with E-state index in [2.05, 4.69) is 5.32 Å². The molecule has 5 nitrogen and oxygen atoms in total. The molecule has 8 heteroatoms. The van der Waals surface area contributed by atoms with Crippen LogP contribution in [0.3, 0.4) is 0 Å². The first-order valence-electron chi connectivity index (χ1n) is 10.6. The van der Waals surface area contributed by atoms with Crippen LogP contribution < -0.4 is 5.32 Å². The van der Waals surface area contributed by atoms with E-state index < -0.39 is 23.2 Å². The third-order valence-corrected chi connectivity index (χ3v) is 6.19. The summed E-state index contributed by atoms with van der Waals surface area (Å²) in [5.41, 5.74) is 0.196. The number of carbonyl (C=O) groups excluding carboxylic acids is 1. The Hall–Kier alpha value is -2.87. The molecule has 2 atom stereocenters. The minimum Gasteiger partial charge on any atom is -0.478 e. The van der Waals surface area contributed by atoms with Crippen LogP contribution in [0.25, 0.3) is 0 Å². The molecule has 0 spiro atoms. The molecule has 3 rings (SSSR count). The van der Waals surface area contributed by atoms with Gasteiger partial charge in [0.15, 0.2) is 0 Å². The van der Waals surface area contributed by atoms with Gasteiger partial charge in [0.05, 0.1) is 22.7 Å². The number of piperidine rings is 1. The first-order valence-corrected chi connectivity index (χ1v) is 10.6. The van der Waals surface area contributed by atoms with Gasteiger partial charge in [-0.25, -0.2) is 4.79 Å². The highest BCUT2D eigenvalue weighted by Crippen LogP contribution is 2.32. The molecule has 1 fully saturated rings. The predicted molar refractivity (Wildman–Crippen MR) is 114 cm³/mol. The number of hydrogen-bond donors (Lipinski definition) is 2. The van der Waals surface area contributed by atoms with Crippen LogP contribution in [0.5, 0.6) is 0 Å². The maximum absolute atomic E-state index is 13.3. The Labute approximate surface area is 185 Å². The van der Waals surface area contributed by atoms with Crippen LogP contribution in [-0.2, 0) is 17.5 Å². The average molecular weight is 448 g/mol. The van der Waals surface area contributed by atoms with Crippen molar-refractivity contribution in [2.24, 2.45) is 0 Å². The van der Waals surface area contributed by atoms with Gasteiger partial charge in [-0.1, -0.05) is 24.3 Å². The van der Waals surface area contributed by atoms with E-state index in [-0.39, 0.29) is 17.5 Å². The summed E-state index contributed by atoms with van der Waals surface area (Å²) < 4.78 is 38.5. The minimum absolute atomic E-state index is 0.154. The number of likely N-dealkylation sites (tertiary alicyclic amines) is 1. The van der Waals surface area contributed by atoms with Gasteiger partial charge in [0.1, 0.15) is 0 Å². The molecule has 0 aliphatic carbocycles. The number of carbonyl (C=O) groups is 2. The first-order chi connectivity index (χ1) is 15.0. The molecule has 0 bridgehead atoms. The van der Waals surface area contributed by atoms with E-state index in [1.807, 2.05) is 18.7 Å². The van der Waals surface area contributed by atoms with Crippen molar-refractivity contribution in [1.29, 1.82) is 0 Å². The number of alkyl halides is 3. The Bertz CT molecular complexity index is 958. The van der Waals surface area contributed by atoms with Crippen LogP contribution in [0.4, 0.5) is 13.2 Å². The molecule has 32 heavy (non-hydrogen) atoms. The lowest BCUT2D eigenvalue weighted by atomic mass is 9.86. The summed E-state index contributed by atoms with van der Waals surface area (Å²) in [6.45, 7) is 4.75. The van der Waals surface area contributed by atoms with Crippen molar-refractivity contribution in [2.45, 2.75) is 57.4 Å². The van der Waals surface area contributed by atoms with Gasteiger partial charge >= 0.3 is 12.1 Å². The van der Waals surface area contributed by atoms with Crippen molar-refractivity contribution in [3.8, 4) is 0 Å². The maximum atomic E-state index is 13.3. The van der Waals surface area contributed by atoms with E-state index in [0.29, 0.717) is 19.5 Å². The third-order valence-electron chi connectivity index (χ3n) is 6.19. The number of benzene rings is 2. The summed E-state index contributed by atoms with van der Waals surface area (Å²) in [4.78, 5) is 26.3. The molecule has 1 saturated heterocycles. The SMILES string of the molecule is C[C@H](NC(=O)[C@]1(C)CCCCN1Cc1ccc(C(F)(F)F)cc1)c1ccc(C(=O)O)cc1. The van der Waals surface area contributed by atoms with Gasteiger partial charge in [-0.3, -0.25) is 9.69 Å². The lowest BCUT2D eigenvalue weighted by Crippen LogP contribution is -2.58. The summed E-state index contributed by atoms with van der Waals surface area (Å²) in [6, 6.07) is 11.1. The van der Waals surface area contributed by atoms with Crippen LogP contribution in [0.15, 0.2) is 48.5 Å². The van der Waals surface area contributed by atoms with Gasteiger partial charge in [-0.15, -0.1) is 0 Å². The highest BCUT2D eigenvalue weighted by atomic mass is 19.4. The molecule has 1 aliphatic rings. The van der Waals surface area contributed by atoms with Gasteiger partial charge in [-0.05, 0) is 75.0 Å². The molecule has 0 saturated carbocycles. The van der Waals surface area contributed by atoms with E-state index in [4.69, 9.17) is 5.11 Å². The Balaban J connectivity index is 1.72. The molecule has 1 aliphatic heterocycles. The normalized spacial score (nSPS) is 20.5. The van der Waals surface area contributed by atoms with Crippen molar-refractivity contribution in [3.63, 3.8) is 0 Å². The monoisotopic (exact) mass is 448 g/mol. The fourth-order valence-corrected chi connectivity index (χ4v) is 4.06. The minimum atomic E-state index is -4.38. The first kappa shape index (κ1) is 23.8. The van der Waals surface area contributed by atoms with Crippen LogP contribution in [0.1, 0.15) is 66.2 Å². The second-order valence-electron chi connectivity index (χ2n) is 8.47. The third kappa shape index (κ3) is 5.30. The fourth-order valence-electron chi connectivity index (χ4n) is 4.06. The summed E-state index contributed by atoms with van der Waals surface area (Å²) in [5.74, 6) is -1.17. The van der Waals surface area contributed by atoms with Crippen molar-refractivity contribution < 1.29 is 27.9 Å². The molecular formula is C24H27F3N2O3. The molecule has 1 heterocycles. The smallest absolute Gasteiger partial charge is 0.416 e. The zero-order valence-corrected chi connectivity index (χ0v) is 18.1. The largest absolute Gasteiger partial charge is 0.478 e. The van der Waals surface area contributed by atoms with Gasteiger partial charge in [0.2, 0.25) is 5.91 Å². The van der Waals surface area contributed by atoms with Gasteiger partial charge in [0, 0.05) is 6.54 Å². The highest BCUT2D eigenvalue weighted by Gasteiger charge is 2.41. The summed E-state index contributed by atoms with van der Waals surface area (Å²) >= 11 is 0. The molecule has 1 amide bonds. The van der Waals surface area contributed by atoms with E-state index in [0.717, 1.165) is 36.1 Å². The standard InChI is InChI=1S/C24H27F3N2O3/c1-16(18-7-9-19(10-8-18)21(30)31)28-22(32)23(2)13-3-4-14-29(23)15-17-5-11-20(12-6-17)24(25,26)27/h5-12,16H,3-4,13-15H2,1-2H3,(H,28,32)(H,30,31)/t16-,23-/m0/s1. The molecule has 172 valence electrons. The summed E-state index contributed by atoms with van der Waals surface area (Å²) in [7, 11) is 0. The van der Waals surface area contributed by atoms with Crippen LogP contribution in [-0.4, -0.2) is 34.0 Å². The van der Waals surface area contributed by atoms with Crippen molar-refractivity contribution in [3.05, 3.63) is 70.8 Å². The second-order valence-corrected chi connectivity index (χ2v) is 8.47. The summed E-state index contributed by atoms with van der Waals surface area (Å²) in [5, 5.41) is 12.1. The van der Waals surface area contributed by atoms with Crippen LogP contribution in [0.2, 0.25) is 0 Å². The lowest BCUT2D eigenvalue weighted by molar-refractivity contribution is -0.137. The van der Waals surface area contributed by atoms with Crippen LogP contribution in [0, 0.1) is 0 Å². The quantitative estimate of drug-likeness (QED) is 0.651. The Morgan fingerprint density at radius 3 is 2.28 bits per heavy atom. The van der Waals surface area contributed by atoms with E-state index in [9.17, 15) is 22.8 Å². The topological polar surface area (TPSA) is 69.6 Å². The molecule has 0 unspecified atom stereocenters. The van der Waals surface area contributed by atoms with Crippen molar-refractivity contribution >= 4 is 11.9 Å². The van der Waals surface area contributed by atoms with Crippen molar-refractivity contribution in [2.75, 3.05) is 6.54 Å². The molecule has 0 radical (unpaired) electrons. The fraction of sp³-hybridized carbons (Fsp3) is 0.417. The van der Waals surface area contributed by atoms with E-state index in [1.54, 1.807) is 12.1 Å². The maximum Gasteiger partial charge on any atom is 0.416 e. The number of carboxylic acids is 1. The Kier molecular flexibility index (Phi) is 6.93. The number of rotatable bonds is 6. The summed E-state index contributed by atoms with van der Waals surface area (Å²) in [6.07, 6.45) is -1.94. The number of aromatic carboxylic acids is 1. The molecular weight excluding hydrogens is 421 g/mol. The number of nitrogens with one attached hydrogen (secondary N) is 1. The van der Waals surface area contributed by atoms with Gasteiger partial charge in [-0.2, -0.15) is 13.2 Å². The molecule has 2 aromatic carbocycles. The Morgan fingerprint density at radius 2 is 1.72 bits per heavy atom.